The predicted octanol–water partition coefficient (Wildman–Crippen LogP) is 4.52. The van der Waals surface area contributed by atoms with Gasteiger partial charge in [0.15, 0.2) is 0 Å². The first kappa shape index (κ1) is 17.1. The summed E-state index contributed by atoms with van der Waals surface area (Å²) in [7, 11) is 0. The second-order valence-electron chi connectivity index (χ2n) is 5.40. The van der Waals surface area contributed by atoms with Crippen LogP contribution in [0.5, 0.6) is 0 Å². The van der Waals surface area contributed by atoms with Crippen molar-refractivity contribution < 1.29 is 18.0 Å². The number of benzene rings is 2. The SMILES string of the molecule is CC(=O)NC(CCc1ccccc1)c1ccc(C(F)(F)F)cc1. The minimum atomic E-state index is -4.36. The summed E-state index contributed by atoms with van der Waals surface area (Å²) in [5.41, 5.74) is 1.10. The van der Waals surface area contributed by atoms with Gasteiger partial charge in [-0.2, -0.15) is 13.2 Å². The zero-order valence-electron chi connectivity index (χ0n) is 12.7. The first-order chi connectivity index (χ1) is 10.9. The highest BCUT2D eigenvalue weighted by Crippen LogP contribution is 2.30. The number of amides is 1. The Balaban J connectivity index is 2.12. The van der Waals surface area contributed by atoms with E-state index in [-0.39, 0.29) is 11.9 Å². The highest BCUT2D eigenvalue weighted by Gasteiger charge is 2.30. The van der Waals surface area contributed by atoms with Crippen LogP contribution in [-0.4, -0.2) is 5.91 Å². The monoisotopic (exact) mass is 321 g/mol. The third-order valence-electron chi connectivity index (χ3n) is 3.58. The molecule has 23 heavy (non-hydrogen) atoms. The van der Waals surface area contributed by atoms with Crippen LogP contribution < -0.4 is 5.32 Å². The molecule has 0 spiro atoms. The highest BCUT2D eigenvalue weighted by atomic mass is 19.4. The van der Waals surface area contributed by atoms with Crippen molar-refractivity contribution in [3.05, 3.63) is 71.3 Å². The van der Waals surface area contributed by atoms with E-state index in [4.69, 9.17) is 0 Å². The first-order valence-electron chi connectivity index (χ1n) is 7.34. The maximum absolute atomic E-state index is 12.6. The smallest absolute Gasteiger partial charge is 0.350 e. The van der Waals surface area contributed by atoms with Crippen LogP contribution in [0.25, 0.3) is 0 Å². The molecule has 1 amide bonds. The molecule has 5 heteroatoms. The molecule has 2 aromatic rings. The third-order valence-corrected chi connectivity index (χ3v) is 3.58. The molecule has 0 aromatic heterocycles. The molecule has 1 unspecified atom stereocenters. The maximum Gasteiger partial charge on any atom is 0.416 e. The van der Waals surface area contributed by atoms with E-state index in [9.17, 15) is 18.0 Å². The molecule has 1 atom stereocenters. The van der Waals surface area contributed by atoms with Crippen LogP contribution >= 0.6 is 0 Å². The van der Waals surface area contributed by atoms with E-state index >= 15 is 0 Å². The molecule has 0 saturated heterocycles. The Kier molecular flexibility index (Phi) is 5.42. The summed E-state index contributed by atoms with van der Waals surface area (Å²) >= 11 is 0. The van der Waals surface area contributed by atoms with Crippen LogP contribution in [0.4, 0.5) is 13.2 Å². The lowest BCUT2D eigenvalue weighted by atomic mass is 9.98. The normalized spacial score (nSPS) is 12.7. The molecule has 0 heterocycles. The minimum Gasteiger partial charge on any atom is -0.350 e. The highest BCUT2D eigenvalue weighted by molar-refractivity contribution is 5.73. The van der Waals surface area contributed by atoms with Gasteiger partial charge in [-0.05, 0) is 36.1 Å². The van der Waals surface area contributed by atoms with Crippen molar-refractivity contribution >= 4 is 5.91 Å². The van der Waals surface area contributed by atoms with E-state index in [1.54, 1.807) is 0 Å². The molecule has 0 aliphatic heterocycles. The third kappa shape index (κ3) is 5.13. The number of carbonyl (C=O) groups excluding carboxylic acids is 1. The summed E-state index contributed by atoms with van der Waals surface area (Å²) < 4.78 is 37.9. The topological polar surface area (TPSA) is 29.1 Å². The van der Waals surface area contributed by atoms with E-state index in [2.05, 4.69) is 5.32 Å². The minimum absolute atomic E-state index is 0.206. The van der Waals surface area contributed by atoms with Crippen LogP contribution in [0.1, 0.15) is 36.1 Å². The molecular weight excluding hydrogens is 303 g/mol. The second-order valence-corrected chi connectivity index (χ2v) is 5.40. The molecule has 2 nitrogen and oxygen atoms in total. The molecule has 0 bridgehead atoms. The van der Waals surface area contributed by atoms with E-state index < -0.39 is 11.7 Å². The molecular formula is C18H18F3NO. The molecule has 1 N–H and O–H groups in total. The number of hydrogen-bond donors (Lipinski definition) is 1. The largest absolute Gasteiger partial charge is 0.416 e. The Bertz CT molecular complexity index is 636. The van der Waals surface area contributed by atoms with Gasteiger partial charge < -0.3 is 5.32 Å². The number of alkyl halides is 3. The number of nitrogens with one attached hydrogen (secondary N) is 1. The lowest BCUT2D eigenvalue weighted by Gasteiger charge is -2.19. The maximum atomic E-state index is 12.6. The van der Waals surface area contributed by atoms with Crippen molar-refractivity contribution in [2.75, 3.05) is 0 Å². The molecule has 2 aromatic carbocycles. The zero-order chi connectivity index (χ0) is 16.9. The van der Waals surface area contributed by atoms with Crippen molar-refractivity contribution in [3.8, 4) is 0 Å². The number of halogens is 3. The van der Waals surface area contributed by atoms with Gasteiger partial charge in [-0.3, -0.25) is 4.79 Å². The molecule has 0 saturated carbocycles. The van der Waals surface area contributed by atoms with Gasteiger partial charge >= 0.3 is 6.18 Å². The van der Waals surface area contributed by atoms with Gasteiger partial charge in [-0.25, -0.2) is 0 Å². The zero-order valence-corrected chi connectivity index (χ0v) is 12.7. The van der Waals surface area contributed by atoms with Crippen LogP contribution in [-0.2, 0) is 17.4 Å². The van der Waals surface area contributed by atoms with Crippen LogP contribution in [0.15, 0.2) is 54.6 Å². The summed E-state index contributed by atoms with van der Waals surface area (Å²) in [5.74, 6) is -0.206. The van der Waals surface area contributed by atoms with Crippen molar-refractivity contribution in [1.29, 1.82) is 0 Å². The summed E-state index contributed by atoms with van der Waals surface area (Å²) in [6.45, 7) is 1.40. The van der Waals surface area contributed by atoms with Gasteiger partial charge in [0.2, 0.25) is 5.91 Å². The Labute approximate surface area is 133 Å². The lowest BCUT2D eigenvalue weighted by Crippen LogP contribution is -2.26. The Morgan fingerprint density at radius 2 is 1.65 bits per heavy atom. The van der Waals surface area contributed by atoms with Gasteiger partial charge in [0, 0.05) is 6.92 Å². The number of hydrogen-bond acceptors (Lipinski definition) is 1. The average molecular weight is 321 g/mol. The first-order valence-corrected chi connectivity index (χ1v) is 7.34. The summed E-state index contributed by atoms with van der Waals surface area (Å²) in [6.07, 6.45) is -3.01. The van der Waals surface area contributed by atoms with Gasteiger partial charge in [0.25, 0.3) is 0 Å². The summed E-state index contributed by atoms with van der Waals surface area (Å²) in [5, 5.41) is 2.80. The second kappa shape index (κ2) is 7.31. The quantitative estimate of drug-likeness (QED) is 0.862. The van der Waals surface area contributed by atoms with E-state index in [1.807, 2.05) is 30.3 Å². The molecule has 0 radical (unpaired) electrons. The van der Waals surface area contributed by atoms with Crippen molar-refractivity contribution in [2.24, 2.45) is 0 Å². The Morgan fingerprint density at radius 1 is 1.04 bits per heavy atom. The fraction of sp³-hybridized carbons (Fsp3) is 0.278. The Morgan fingerprint density at radius 3 is 2.17 bits per heavy atom. The van der Waals surface area contributed by atoms with Gasteiger partial charge in [0.05, 0.1) is 11.6 Å². The number of rotatable bonds is 5. The molecule has 0 aliphatic carbocycles. The summed E-state index contributed by atoms with van der Waals surface area (Å²) in [4.78, 5) is 11.4. The Hall–Kier alpha value is -2.30. The van der Waals surface area contributed by atoms with Crippen molar-refractivity contribution in [2.45, 2.75) is 32.0 Å². The van der Waals surface area contributed by atoms with E-state index in [1.165, 1.54) is 19.1 Å². The van der Waals surface area contributed by atoms with Gasteiger partial charge in [0.1, 0.15) is 0 Å². The molecule has 0 fully saturated rings. The van der Waals surface area contributed by atoms with Crippen LogP contribution in [0, 0.1) is 0 Å². The molecule has 122 valence electrons. The van der Waals surface area contributed by atoms with Crippen molar-refractivity contribution in [1.82, 2.24) is 5.32 Å². The van der Waals surface area contributed by atoms with Gasteiger partial charge in [-0.15, -0.1) is 0 Å². The van der Waals surface area contributed by atoms with Crippen LogP contribution in [0.3, 0.4) is 0 Å². The predicted molar refractivity (Wildman–Crippen MR) is 82.8 cm³/mol. The number of aryl methyl sites for hydroxylation is 1. The van der Waals surface area contributed by atoms with E-state index in [0.717, 1.165) is 24.1 Å². The lowest BCUT2D eigenvalue weighted by molar-refractivity contribution is -0.137. The fourth-order valence-corrected chi connectivity index (χ4v) is 2.43. The standard InChI is InChI=1S/C18H18F3NO/c1-13(23)22-17(12-7-14-5-3-2-4-6-14)15-8-10-16(11-9-15)18(19,20)21/h2-6,8-11,17H,7,12H2,1H3,(H,22,23). The average Bonchev–Trinajstić information content (AvgIpc) is 2.51. The summed E-state index contributed by atoms with van der Waals surface area (Å²) in [6, 6.07) is 14.4. The van der Waals surface area contributed by atoms with Crippen LogP contribution in [0.2, 0.25) is 0 Å². The number of carbonyl (C=O) groups is 1. The molecule has 0 aliphatic rings. The van der Waals surface area contributed by atoms with Crippen molar-refractivity contribution in [3.63, 3.8) is 0 Å². The van der Waals surface area contributed by atoms with Gasteiger partial charge in [-0.1, -0.05) is 42.5 Å². The van der Waals surface area contributed by atoms with E-state index in [0.29, 0.717) is 12.0 Å². The fourth-order valence-electron chi connectivity index (χ4n) is 2.43. The molecule has 2 rings (SSSR count).